The van der Waals surface area contributed by atoms with Gasteiger partial charge in [0.1, 0.15) is 0 Å². The monoisotopic (exact) mass is 144 g/mol. The van der Waals surface area contributed by atoms with Crippen molar-refractivity contribution >= 4 is 0 Å². The van der Waals surface area contributed by atoms with Gasteiger partial charge in [-0.05, 0) is 6.54 Å². The molecule has 3 N–H and O–H groups in total. The third kappa shape index (κ3) is 4.35. The Kier molecular flexibility index (Phi) is 4.98. The van der Waals surface area contributed by atoms with E-state index in [1.165, 1.54) is 0 Å². The molecule has 3 nitrogen and oxygen atoms in total. The van der Waals surface area contributed by atoms with Crippen LogP contribution in [0.4, 0.5) is 0 Å². The predicted octanol–water partition coefficient (Wildman–Crippen LogP) is -0.227. The van der Waals surface area contributed by atoms with Gasteiger partial charge in [0.05, 0.1) is 6.61 Å². The van der Waals surface area contributed by atoms with Crippen molar-refractivity contribution in [1.82, 2.24) is 4.90 Å². The highest BCUT2D eigenvalue weighted by molar-refractivity contribution is 4.89. The number of nitrogens with zero attached hydrogens (tertiary/aromatic N) is 1. The summed E-state index contributed by atoms with van der Waals surface area (Å²) in [5.41, 5.74) is 6.03. The largest absolute Gasteiger partial charge is 0.401 e. The maximum Gasteiger partial charge on any atom is 0.0558 e. The molecule has 0 aromatic heterocycles. The maximum absolute atomic E-state index is 8.57. The van der Waals surface area contributed by atoms with Crippen LogP contribution < -0.4 is 5.73 Å². The average molecular weight is 144 g/mol. The van der Waals surface area contributed by atoms with E-state index in [9.17, 15) is 0 Å². The van der Waals surface area contributed by atoms with Gasteiger partial charge in [0.2, 0.25) is 0 Å². The molecule has 0 aliphatic rings. The van der Waals surface area contributed by atoms with Crippen LogP contribution >= 0.6 is 0 Å². The Hall–Kier alpha value is -0.540. The lowest BCUT2D eigenvalue weighted by molar-refractivity contribution is 0.211. The van der Waals surface area contributed by atoms with Crippen LogP contribution in [0.1, 0.15) is 6.92 Å². The highest BCUT2D eigenvalue weighted by atomic mass is 16.3. The number of aliphatic hydroxyl groups excluding tert-OH is 1. The zero-order valence-electron chi connectivity index (χ0n) is 6.51. The molecule has 0 aromatic rings. The highest BCUT2D eigenvalue weighted by Gasteiger charge is 1.99. The summed E-state index contributed by atoms with van der Waals surface area (Å²) in [5.74, 6) is 0. The molecule has 0 radical (unpaired) electrons. The lowest BCUT2D eigenvalue weighted by Crippen LogP contribution is -2.30. The smallest absolute Gasteiger partial charge is 0.0558 e. The molecule has 0 bridgehead atoms. The van der Waals surface area contributed by atoms with Gasteiger partial charge in [-0.25, -0.2) is 0 Å². The minimum absolute atomic E-state index is 0.182. The van der Waals surface area contributed by atoms with Crippen LogP contribution in [0.25, 0.3) is 0 Å². The van der Waals surface area contributed by atoms with Gasteiger partial charge in [0, 0.05) is 18.8 Å². The number of hydrogen-bond donors (Lipinski definition) is 2. The highest BCUT2D eigenvalue weighted by Crippen LogP contribution is 1.89. The number of aliphatic hydroxyl groups is 1. The summed E-state index contributed by atoms with van der Waals surface area (Å²) in [6.07, 6.45) is 0. The van der Waals surface area contributed by atoms with E-state index in [0.29, 0.717) is 18.8 Å². The van der Waals surface area contributed by atoms with Gasteiger partial charge in [-0.1, -0.05) is 13.5 Å². The second-order valence-electron chi connectivity index (χ2n) is 2.25. The van der Waals surface area contributed by atoms with Crippen LogP contribution in [-0.4, -0.2) is 36.2 Å². The molecule has 0 rings (SSSR count). The molecule has 0 unspecified atom stereocenters. The summed E-state index contributed by atoms with van der Waals surface area (Å²) in [6.45, 7) is 8.04. The Morgan fingerprint density at radius 1 is 1.70 bits per heavy atom. The Morgan fingerprint density at radius 2 is 2.30 bits per heavy atom. The molecule has 3 heteroatoms. The van der Waals surface area contributed by atoms with E-state index in [1.54, 1.807) is 0 Å². The standard InChI is InChI=1S/C7H16N2O/c1-3-9(4-5-10)6-7(2)8/h10H,2-6,8H2,1H3. The summed E-state index contributed by atoms with van der Waals surface area (Å²) >= 11 is 0. The number of nitrogens with two attached hydrogens (primary N) is 1. The lowest BCUT2D eigenvalue weighted by atomic mass is 10.4. The van der Waals surface area contributed by atoms with Crippen molar-refractivity contribution in [3.8, 4) is 0 Å². The zero-order chi connectivity index (χ0) is 7.98. The van der Waals surface area contributed by atoms with E-state index >= 15 is 0 Å². The Bertz CT molecular complexity index is 104. The first-order valence-corrected chi connectivity index (χ1v) is 3.47. The molecule has 0 aliphatic carbocycles. The molecular formula is C7H16N2O. The molecule has 0 amide bonds. The topological polar surface area (TPSA) is 49.5 Å². The average Bonchev–Trinajstić information content (AvgIpc) is 1.86. The summed E-state index contributed by atoms with van der Waals surface area (Å²) in [7, 11) is 0. The van der Waals surface area contributed by atoms with Crippen LogP contribution in [0.15, 0.2) is 12.3 Å². The first-order valence-electron chi connectivity index (χ1n) is 3.47. The van der Waals surface area contributed by atoms with Gasteiger partial charge in [0.25, 0.3) is 0 Å². The molecule has 0 atom stereocenters. The molecule has 0 fully saturated rings. The van der Waals surface area contributed by atoms with E-state index in [1.807, 2.05) is 11.8 Å². The van der Waals surface area contributed by atoms with Crippen LogP contribution in [-0.2, 0) is 0 Å². The maximum atomic E-state index is 8.57. The fourth-order valence-corrected chi connectivity index (χ4v) is 0.778. The van der Waals surface area contributed by atoms with Crippen molar-refractivity contribution in [3.05, 3.63) is 12.3 Å². The zero-order valence-corrected chi connectivity index (χ0v) is 6.51. The second kappa shape index (κ2) is 5.26. The van der Waals surface area contributed by atoms with Crippen LogP contribution in [0, 0.1) is 0 Å². The van der Waals surface area contributed by atoms with Crippen molar-refractivity contribution in [1.29, 1.82) is 0 Å². The molecular weight excluding hydrogens is 128 g/mol. The molecule has 0 saturated carbocycles. The molecule has 0 saturated heterocycles. The predicted molar refractivity (Wildman–Crippen MR) is 42.5 cm³/mol. The van der Waals surface area contributed by atoms with Crippen LogP contribution in [0.5, 0.6) is 0 Å². The van der Waals surface area contributed by atoms with E-state index < -0.39 is 0 Å². The summed E-state index contributed by atoms with van der Waals surface area (Å²) in [4.78, 5) is 2.03. The van der Waals surface area contributed by atoms with Gasteiger partial charge in [-0.3, -0.25) is 4.90 Å². The Morgan fingerprint density at radius 3 is 2.60 bits per heavy atom. The van der Waals surface area contributed by atoms with Gasteiger partial charge < -0.3 is 10.8 Å². The first kappa shape index (κ1) is 9.46. The van der Waals surface area contributed by atoms with E-state index in [4.69, 9.17) is 10.8 Å². The van der Waals surface area contributed by atoms with Crippen molar-refractivity contribution in [2.45, 2.75) is 6.92 Å². The molecule has 0 aromatic carbocycles. The summed E-state index contributed by atoms with van der Waals surface area (Å²) in [5, 5.41) is 8.57. The van der Waals surface area contributed by atoms with E-state index in [-0.39, 0.29) is 6.61 Å². The summed E-state index contributed by atoms with van der Waals surface area (Å²) < 4.78 is 0. The van der Waals surface area contributed by atoms with Gasteiger partial charge in [0.15, 0.2) is 0 Å². The SMILES string of the molecule is C=C(N)CN(CC)CCO. The van der Waals surface area contributed by atoms with E-state index in [2.05, 4.69) is 6.58 Å². The Labute approximate surface area is 62.1 Å². The van der Waals surface area contributed by atoms with Gasteiger partial charge >= 0.3 is 0 Å². The van der Waals surface area contributed by atoms with Crippen molar-refractivity contribution in [2.24, 2.45) is 5.73 Å². The summed E-state index contributed by atoms with van der Waals surface area (Å²) in [6, 6.07) is 0. The normalized spacial score (nSPS) is 10.3. The molecule has 0 spiro atoms. The number of likely N-dealkylation sites (N-methyl/N-ethyl adjacent to an activating group) is 1. The van der Waals surface area contributed by atoms with Gasteiger partial charge in [-0.15, -0.1) is 0 Å². The first-order chi connectivity index (χ1) is 4.70. The van der Waals surface area contributed by atoms with Crippen LogP contribution in [0.3, 0.4) is 0 Å². The third-order valence-electron chi connectivity index (χ3n) is 1.29. The minimum Gasteiger partial charge on any atom is -0.401 e. The lowest BCUT2D eigenvalue weighted by Gasteiger charge is -2.18. The van der Waals surface area contributed by atoms with Crippen molar-refractivity contribution in [3.63, 3.8) is 0 Å². The van der Waals surface area contributed by atoms with E-state index in [0.717, 1.165) is 6.54 Å². The van der Waals surface area contributed by atoms with Crippen molar-refractivity contribution < 1.29 is 5.11 Å². The van der Waals surface area contributed by atoms with Gasteiger partial charge in [-0.2, -0.15) is 0 Å². The quantitative estimate of drug-likeness (QED) is 0.560. The van der Waals surface area contributed by atoms with Crippen molar-refractivity contribution in [2.75, 3.05) is 26.2 Å². The minimum atomic E-state index is 0.182. The molecule has 0 aliphatic heterocycles. The number of hydrogen-bond acceptors (Lipinski definition) is 3. The Balaban J connectivity index is 3.49. The fraction of sp³-hybridized carbons (Fsp3) is 0.714. The van der Waals surface area contributed by atoms with Crippen LogP contribution in [0.2, 0.25) is 0 Å². The molecule has 60 valence electrons. The molecule has 0 heterocycles. The number of rotatable bonds is 5. The fourth-order valence-electron chi connectivity index (χ4n) is 0.778. The third-order valence-corrected chi connectivity index (χ3v) is 1.29. The second-order valence-corrected chi connectivity index (χ2v) is 2.25. The molecule has 10 heavy (non-hydrogen) atoms.